The molecule has 0 aliphatic heterocycles. The number of aromatic nitrogens is 2. The molecule has 0 aliphatic carbocycles. The second kappa shape index (κ2) is 8.29. The molecule has 0 amide bonds. The zero-order valence-corrected chi connectivity index (χ0v) is 16.2. The highest BCUT2D eigenvalue weighted by atomic mass is 32.2. The van der Waals surface area contributed by atoms with Gasteiger partial charge >= 0.3 is 0 Å². The third-order valence-electron chi connectivity index (χ3n) is 4.02. The maximum Gasteiger partial charge on any atom is 0.245 e. The molecule has 2 aromatic rings. The second-order valence-electron chi connectivity index (χ2n) is 5.60. The normalized spacial score (nSPS) is 12.5. The van der Waals surface area contributed by atoms with Crippen LogP contribution in [0.5, 0.6) is 0 Å². The second-order valence-corrected chi connectivity index (χ2v) is 7.47. The summed E-state index contributed by atoms with van der Waals surface area (Å²) >= 11 is 0. The Morgan fingerprint density at radius 2 is 2.04 bits per heavy atom. The lowest BCUT2D eigenvalue weighted by Crippen LogP contribution is -2.32. The van der Waals surface area contributed by atoms with E-state index < -0.39 is 10.0 Å². The molecular formula is C17H23N5O3S. The number of H-pyrrole nitrogens is 1. The van der Waals surface area contributed by atoms with Crippen molar-refractivity contribution in [3.05, 3.63) is 23.5 Å². The molecule has 1 aromatic heterocycles. The van der Waals surface area contributed by atoms with E-state index in [1.165, 1.54) is 11.4 Å². The lowest BCUT2D eigenvalue weighted by molar-refractivity contribution is 0.212. The fourth-order valence-electron chi connectivity index (χ4n) is 2.86. The van der Waals surface area contributed by atoms with Gasteiger partial charge in [0.05, 0.1) is 11.2 Å². The van der Waals surface area contributed by atoms with Crippen molar-refractivity contribution < 1.29 is 13.3 Å². The average Bonchev–Trinajstić information content (AvgIpc) is 3.04. The molecule has 0 saturated carbocycles. The van der Waals surface area contributed by atoms with Crippen LogP contribution in [-0.2, 0) is 14.9 Å². The number of nitrogens with one attached hydrogen (secondary N) is 1. The SMILES string of the molecule is CCCC(=NOC)c1ccc2[nH]c(C#N)nc2c1S(=O)(=O)N(CC)CC. The number of nitriles is 1. The number of rotatable bonds is 8. The van der Waals surface area contributed by atoms with Crippen molar-refractivity contribution in [3.8, 4) is 6.07 Å². The van der Waals surface area contributed by atoms with E-state index in [4.69, 9.17) is 10.1 Å². The molecule has 0 unspecified atom stereocenters. The topological polar surface area (TPSA) is 111 Å². The zero-order chi connectivity index (χ0) is 19.3. The van der Waals surface area contributed by atoms with Crippen LogP contribution in [0.2, 0.25) is 0 Å². The molecule has 9 heteroatoms. The number of nitrogens with zero attached hydrogens (tertiary/aromatic N) is 4. The molecule has 1 aromatic carbocycles. The van der Waals surface area contributed by atoms with E-state index in [1.54, 1.807) is 26.0 Å². The van der Waals surface area contributed by atoms with Gasteiger partial charge in [-0.2, -0.15) is 9.57 Å². The van der Waals surface area contributed by atoms with Gasteiger partial charge in [-0.15, -0.1) is 0 Å². The molecule has 0 spiro atoms. The van der Waals surface area contributed by atoms with E-state index in [0.717, 1.165) is 6.42 Å². The van der Waals surface area contributed by atoms with Crippen LogP contribution < -0.4 is 0 Å². The van der Waals surface area contributed by atoms with Gasteiger partial charge in [-0.3, -0.25) is 0 Å². The Hall–Kier alpha value is -2.44. The van der Waals surface area contributed by atoms with Crippen molar-refractivity contribution >= 4 is 26.8 Å². The Kier molecular flexibility index (Phi) is 6.34. The minimum atomic E-state index is -3.83. The van der Waals surface area contributed by atoms with Crippen LogP contribution in [0, 0.1) is 11.3 Å². The van der Waals surface area contributed by atoms with Gasteiger partial charge in [0.2, 0.25) is 15.8 Å². The third-order valence-corrected chi connectivity index (χ3v) is 6.14. The summed E-state index contributed by atoms with van der Waals surface area (Å²) in [4.78, 5) is 12.0. The summed E-state index contributed by atoms with van der Waals surface area (Å²) in [6, 6.07) is 5.32. The molecule has 0 bridgehead atoms. The molecule has 8 nitrogen and oxygen atoms in total. The number of sulfonamides is 1. The van der Waals surface area contributed by atoms with Crippen LogP contribution in [-0.4, -0.2) is 48.6 Å². The van der Waals surface area contributed by atoms with Gasteiger partial charge in [0.25, 0.3) is 0 Å². The molecule has 0 aliphatic rings. The van der Waals surface area contributed by atoms with E-state index in [-0.39, 0.29) is 16.2 Å². The smallest absolute Gasteiger partial charge is 0.245 e. The largest absolute Gasteiger partial charge is 0.399 e. The molecule has 2 rings (SSSR count). The first-order chi connectivity index (χ1) is 12.4. The number of aromatic amines is 1. The summed E-state index contributed by atoms with van der Waals surface area (Å²) in [6.07, 6.45) is 1.32. The first-order valence-corrected chi connectivity index (χ1v) is 9.91. The molecule has 0 saturated heterocycles. The van der Waals surface area contributed by atoms with Gasteiger partial charge in [-0.1, -0.05) is 32.3 Å². The molecule has 1 N–H and O–H groups in total. The number of hydrogen-bond donors (Lipinski definition) is 1. The molecule has 26 heavy (non-hydrogen) atoms. The Labute approximate surface area is 153 Å². The summed E-state index contributed by atoms with van der Waals surface area (Å²) in [6.45, 7) is 6.19. The number of hydrogen-bond acceptors (Lipinski definition) is 6. The fourth-order valence-corrected chi connectivity index (χ4v) is 4.66. The van der Waals surface area contributed by atoms with Crippen LogP contribution in [0.4, 0.5) is 0 Å². The Bertz CT molecular complexity index is 953. The van der Waals surface area contributed by atoms with Crippen molar-refractivity contribution in [1.29, 1.82) is 5.26 Å². The molecule has 0 radical (unpaired) electrons. The number of oxime groups is 1. The summed E-state index contributed by atoms with van der Waals surface area (Å²) in [5.74, 6) is 0.0638. The highest BCUT2D eigenvalue weighted by Gasteiger charge is 2.30. The molecular weight excluding hydrogens is 354 g/mol. The van der Waals surface area contributed by atoms with Gasteiger partial charge in [0, 0.05) is 18.7 Å². The quantitative estimate of drug-likeness (QED) is 0.561. The minimum absolute atomic E-state index is 0.0562. The summed E-state index contributed by atoms with van der Waals surface area (Å²) < 4.78 is 28.0. The molecule has 0 fully saturated rings. The molecule has 0 atom stereocenters. The Morgan fingerprint density at radius 3 is 2.58 bits per heavy atom. The lowest BCUT2D eigenvalue weighted by atomic mass is 10.1. The number of imidazole rings is 1. The molecule has 1 heterocycles. The third kappa shape index (κ3) is 3.57. The van der Waals surface area contributed by atoms with Crippen molar-refractivity contribution in [2.45, 2.75) is 38.5 Å². The van der Waals surface area contributed by atoms with Crippen LogP contribution in [0.1, 0.15) is 45.0 Å². The van der Waals surface area contributed by atoms with E-state index in [2.05, 4.69) is 15.1 Å². The maximum atomic E-state index is 13.3. The lowest BCUT2D eigenvalue weighted by Gasteiger charge is -2.21. The van der Waals surface area contributed by atoms with Gasteiger partial charge in [-0.25, -0.2) is 13.4 Å². The first kappa shape index (κ1) is 19.9. The van der Waals surface area contributed by atoms with Crippen LogP contribution >= 0.6 is 0 Å². The summed E-state index contributed by atoms with van der Waals surface area (Å²) in [5, 5.41) is 13.2. The fraction of sp³-hybridized carbons (Fsp3) is 0.471. The van der Waals surface area contributed by atoms with Gasteiger partial charge in [-0.05, 0) is 18.6 Å². The van der Waals surface area contributed by atoms with Crippen molar-refractivity contribution in [1.82, 2.24) is 14.3 Å². The first-order valence-electron chi connectivity index (χ1n) is 8.47. The van der Waals surface area contributed by atoms with E-state index >= 15 is 0 Å². The summed E-state index contributed by atoms with van der Waals surface area (Å²) in [7, 11) is -2.40. The monoisotopic (exact) mass is 377 g/mol. The van der Waals surface area contributed by atoms with Gasteiger partial charge < -0.3 is 9.82 Å². The zero-order valence-electron chi connectivity index (χ0n) is 15.4. The van der Waals surface area contributed by atoms with Crippen molar-refractivity contribution in [2.75, 3.05) is 20.2 Å². The van der Waals surface area contributed by atoms with Crippen LogP contribution in [0.15, 0.2) is 22.2 Å². The average molecular weight is 377 g/mol. The number of fused-ring (bicyclic) bond motifs is 1. The summed E-state index contributed by atoms with van der Waals surface area (Å²) in [5.41, 5.74) is 1.71. The van der Waals surface area contributed by atoms with Gasteiger partial charge in [0.15, 0.2) is 0 Å². The Morgan fingerprint density at radius 1 is 1.35 bits per heavy atom. The predicted octanol–water partition coefficient (Wildman–Crippen LogP) is 2.62. The van der Waals surface area contributed by atoms with Gasteiger partial charge in [0.1, 0.15) is 23.6 Å². The van der Waals surface area contributed by atoms with E-state index in [0.29, 0.717) is 36.3 Å². The van der Waals surface area contributed by atoms with E-state index in [9.17, 15) is 8.42 Å². The van der Waals surface area contributed by atoms with Crippen molar-refractivity contribution in [2.24, 2.45) is 5.16 Å². The predicted molar refractivity (Wildman–Crippen MR) is 99.4 cm³/mol. The number of benzene rings is 1. The standard InChI is InChI=1S/C17H23N5O3S/c1-5-8-13(21-25-4)12-9-10-14-16(20-15(11-18)19-14)17(12)26(23,24)22(6-2)7-3/h9-10H,5-8H2,1-4H3,(H,19,20). The molecule has 140 valence electrons. The highest BCUT2D eigenvalue weighted by molar-refractivity contribution is 7.89. The van der Waals surface area contributed by atoms with E-state index in [1.807, 2.05) is 13.0 Å². The van der Waals surface area contributed by atoms with Crippen LogP contribution in [0.25, 0.3) is 11.0 Å². The Balaban J connectivity index is 2.90. The maximum absolute atomic E-state index is 13.3. The van der Waals surface area contributed by atoms with Crippen molar-refractivity contribution in [3.63, 3.8) is 0 Å². The highest BCUT2D eigenvalue weighted by Crippen LogP contribution is 2.29. The minimum Gasteiger partial charge on any atom is -0.399 e. The van der Waals surface area contributed by atoms with Crippen LogP contribution in [0.3, 0.4) is 0 Å².